The third-order valence-electron chi connectivity index (χ3n) is 3.49. The molecule has 1 saturated carbocycles. The summed E-state index contributed by atoms with van der Waals surface area (Å²) in [6.07, 6.45) is 6.51. The molecule has 5 heteroatoms. The van der Waals surface area contributed by atoms with Crippen LogP contribution in [0.1, 0.15) is 44.9 Å². The Balaban J connectivity index is 2.58. The Morgan fingerprint density at radius 2 is 1.82 bits per heavy atom. The summed E-state index contributed by atoms with van der Waals surface area (Å²) in [6.45, 7) is 0.501. The van der Waals surface area contributed by atoms with Gasteiger partial charge in [-0.25, -0.2) is 8.42 Å². The fourth-order valence-corrected chi connectivity index (χ4v) is 4.50. The predicted molar refractivity (Wildman–Crippen MR) is 69.7 cm³/mol. The maximum absolute atomic E-state index is 12.2. The maximum atomic E-state index is 12.2. The highest BCUT2D eigenvalue weighted by Gasteiger charge is 2.30. The smallest absolute Gasteiger partial charge is 0.154 e. The van der Waals surface area contributed by atoms with Gasteiger partial charge in [0.25, 0.3) is 0 Å². The molecule has 1 fully saturated rings. The van der Waals surface area contributed by atoms with Crippen LogP contribution in [-0.4, -0.2) is 39.2 Å². The second kappa shape index (κ2) is 7.34. The first-order valence-corrected chi connectivity index (χ1v) is 8.25. The van der Waals surface area contributed by atoms with Crippen molar-refractivity contribution in [3.63, 3.8) is 0 Å². The Hall–Kier alpha value is -0.130. The fraction of sp³-hybridized carbons (Fsp3) is 1.00. The first-order valence-electron chi connectivity index (χ1n) is 6.54. The van der Waals surface area contributed by atoms with Crippen LogP contribution in [0.25, 0.3) is 0 Å². The maximum Gasteiger partial charge on any atom is 0.154 e. The lowest BCUT2D eigenvalue weighted by Gasteiger charge is -2.26. The van der Waals surface area contributed by atoms with E-state index in [1.54, 1.807) is 7.11 Å². The van der Waals surface area contributed by atoms with Crippen molar-refractivity contribution >= 4 is 9.84 Å². The van der Waals surface area contributed by atoms with Gasteiger partial charge in [-0.05, 0) is 19.3 Å². The van der Waals surface area contributed by atoms with Crippen molar-refractivity contribution in [1.82, 2.24) is 0 Å². The van der Waals surface area contributed by atoms with Crippen molar-refractivity contribution in [3.05, 3.63) is 0 Å². The Kier molecular flexibility index (Phi) is 6.44. The highest BCUT2D eigenvalue weighted by molar-refractivity contribution is 7.92. The Morgan fingerprint density at radius 1 is 1.18 bits per heavy atom. The van der Waals surface area contributed by atoms with Gasteiger partial charge >= 0.3 is 0 Å². The van der Waals surface area contributed by atoms with Crippen molar-refractivity contribution in [3.8, 4) is 0 Å². The molecule has 0 radical (unpaired) electrons. The monoisotopic (exact) mass is 263 g/mol. The molecule has 1 rings (SSSR count). The second-order valence-corrected chi connectivity index (χ2v) is 7.25. The first kappa shape index (κ1) is 14.9. The van der Waals surface area contributed by atoms with Gasteiger partial charge in [0.1, 0.15) is 0 Å². The molecule has 0 bridgehead atoms. The standard InChI is InChI=1S/C12H25NO3S/c1-16-9-6-10-17(14,15)12-8-5-3-2-4-7-11(12)13/h11-12H,2-10,13H2,1H3. The van der Waals surface area contributed by atoms with Crippen molar-refractivity contribution < 1.29 is 13.2 Å². The minimum atomic E-state index is -3.05. The lowest BCUT2D eigenvalue weighted by Crippen LogP contribution is -2.42. The van der Waals surface area contributed by atoms with Gasteiger partial charge in [0.05, 0.1) is 11.0 Å². The van der Waals surface area contributed by atoms with E-state index in [0.717, 1.165) is 32.1 Å². The van der Waals surface area contributed by atoms with Gasteiger partial charge in [-0.2, -0.15) is 0 Å². The van der Waals surface area contributed by atoms with Gasteiger partial charge in [0, 0.05) is 19.8 Å². The van der Waals surface area contributed by atoms with Gasteiger partial charge in [0.15, 0.2) is 9.84 Å². The summed E-state index contributed by atoms with van der Waals surface area (Å²) in [6, 6.07) is -0.178. The van der Waals surface area contributed by atoms with Gasteiger partial charge in [0.2, 0.25) is 0 Å². The van der Waals surface area contributed by atoms with E-state index in [2.05, 4.69) is 0 Å². The molecular formula is C12H25NO3S. The lowest BCUT2D eigenvalue weighted by atomic mass is 9.97. The first-order chi connectivity index (χ1) is 8.08. The molecule has 2 atom stereocenters. The molecule has 0 heterocycles. The van der Waals surface area contributed by atoms with Gasteiger partial charge < -0.3 is 10.5 Å². The number of methoxy groups -OCH3 is 1. The topological polar surface area (TPSA) is 69.4 Å². The van der Waals surface area contributed by atoms with E-state index in [1.807, 2.05) is 0 Å². The number of rotatable bonds is 5. The molecule has 0 aromatic rings. The molecule has 0 aromatic carbocycles. The van der Waals surface area contributed by atoms with Crippen LogP contribution >= 0.6 is 0 Å². The van der Waals surface area contributed by atoms with Crippen LogP contribution < -0.4 is 5.73 Å². The average Bonchev–Trinajstić information content (AvgIpc) is 2.23. The fourth-order valence-electron chi connectivity index (χ4n) is 2.48. The van der Waals surface area contributed by atoms with Crippen molar-refractivity contribution in [2.75, 3.05) is 19.5 Å². The third-order valence-corrected chi connectivity index (χ3v) is 5.86. The predicted octanol–water partition coefficient (Wildman–Crippen LogP) is 1.49. The average molecular weight is 263 g/mol. The Morgan fingerprint density at radius 3 is 2.47 bits per heavy atom. The molecule has 0 saturated heterocycles. The number of nitrogens with two attached hydrogens (primary N) is 1. The molecule has 0 spiro atoms. The van der Waals surface area contributed by atoms with Crippen molar-refractivity contribution in [2.24, 2.45) is 5.73 Å². The molecule has 4 nitrogen and oxygen atoms in total. The molecule has 2 unspecified atom stereocenters. The molecule has 1 aliphatic rings. The van der Waals surface area contributed by atoms with Crippen LogP contribution in [0.15, 0.2) is 0 Å². The summed E-state index contributed by atoms with van der Waals surface area (Å²) in [7, 11) is -1.46. The SMILES string of the molecule is COCCCS(=O)(=O)C1CCCCCCC1N. The van der Waals surface area contributed by atoms with E-state index in [9.17, 15) is 8.42 Å². The number of hydrogen-bond donors (Lipinski definition) is 1. The van der Waals surface area contributed by atoms with Crippen molar-refractivity contribution in [1.29, 1.82) is 0 Å². The van der Waals surface area contributed by atoms with Crippen LogP contribution in [0.5, 0.6) is 0 Å². The van der Waals surface area contributed by atoms with E-state index in [1.165, 1.54) is 6.42 Å². The molecule has 0 aliphatic heterocycles. The highest BCUT2D eigenvalue weighted by Crippen LogP contribution is 2.22. The summed E-state index contributed by atoms with van der Waals surface area (Å²) in [5.41, 5.74) is 6.03. The lowest BCUT2D eigenvalue weighted by molar-refractivity contribution is 0.199. The molecule has 0 aromatic heterocycles. The Bertz CT molecular complexity index is 303. The summed E-state index contributed by atoms with van der Waals surface area (Å²) in [5, 5.41) is -0.334. The molecule has 2 N–H and O–H groups in total. The van der Waals surface area contributed by atoms with E-state index < -0.39 is 9.84 Å². The zero-order chi connectivity index (χ0) is 12.7. The number of sulfone groups is 1. The van der Waals surface area contributed by atoms with Gasteiger partial charge in [-0.15, -0.1) is 0 Å². The van der Waals surface area contributed by atoms with E-state index in [-0.39, 0.29) is 17.0 Å². The van der Waals surface area contributed by atoms with Crippen LogP contribution in [0.3, 0.4) is 0 Å². The quantitative estimate of drug-likeness (QED) is 0.763. The Labute approximate surface area is 105 Å². The third kappa shape index (κ3) is 4.94. The highest BCUT2D eigenvalue weighted by atomic mass is 32.2. The zero-order valence-corrected chi connectivity index (χ0v) is 11.5. The van der Waals surface area contributed by atoms with Crippen LogP contribution in [0.4, 0.5) is 0 Å². The van der Waals surface area contributed by atoms with Gasteiger partial charge in [-0.1, -0.05) is 25.7 Å². The van der Waals surface area contributed by atoms with Gasteiger partial charge in [-0.3, -0.25) is 0 Å². The van der Waals surface area contributed by atoms with Crippen molar-refractivity contribution in [2.45, 2.75) is 56.2 Å². The summed E-state index contributed by atoms with van der Waals surface area (Å²) in [4.78, 5) is 0. The molecular weight excluding hydrogens is 238 g/mol. The minimum absolute atomic E-state index is 0.178. The van der Waals surface area contributed by atoms with Crippen LogP contribution in [0.2, 0.25) is 0 Å². The molecule has 102 valence electrons. The number of hydrogen-bond acceptors (Lipinski definition) is 4. The summed E-state index contributed by atoms with van der Waals surface area (Å²) in [5.74, 6) is 0.208. The molecule has 0 amide bonds. The van der Waals surface area contributed by atoms with Crippen LogP contribution in [0, 0.1) is 0 Å². The van der Waals surface area contributed by atoms with E-state index in [0.29, 0.717) is 13.0 Å². The normalized spacial score (nSPS) is 27.4. The molecule has 1 aliphatic carbocycles. The summed E-state index contributed by atoms with van der Waals surface area (Å²) >= 11 is 0. The largest absolute Gasteiger partial charge is 0.385 e. The molecule has 17 heavy (non-hydrogen) atoms. The summed E-state index contributed by atoms with van der Waals surface area (Å²) < 4.78 is 29.3. The van der Waals surface area contributed by atoms with E-state index in [4.69, 9.17) is 10.5 Å². The van der Waals surface area contributed by atoms with Crippen LogP contribution in [-0.2, 0) is 14.6 Å². The zero-order valence-electron chi connectivity index (χ0n) is 10.7. The minimum Gasteiger partial charge on any atom is -0.385 e. The van der Waals surface area contributed by atoms with E-state index >= 15 is 0 Å². The number of ether oxygens (including phenoxy) is 1. The second-order valence-electron chi connectivity index (χ2n) is 4.91.